The van der Waals surface area contributed by atoms with Gasteiger partial charge in [0, 0.05) is 17.6 Å². The van der Waals surface area contributed by atoms with Crippen molar-refractivity contribution in [2.24, 2.45) is 0 Å². The maximum atomic E-state index is 10.4. The van der Waals surface area contributed by atoms with Crippen LogP contribution in [0.2, 0.25) is 0 Å². The van der Waals surface area contributed by atoms with Gasteiger partial charge in [-0.15, -0.1) is 0 Å². The quantitative estimate of drug-likeness (QED) is 0.539. The van der Waals surface area contributed by atoms with Crippen molar-refractivity contribution in [3.63, 3.8) is 0 Å². The van der Waals surface area contributed by atoms with Crippen LogP contribution in [0.15, 0.2) is 18.5 Å². The zero-order chi connectivity index (χ0) is 10.1. The Labute approximate surface area is 78.0 Å². The van der Waals surface area contributed by atoms with Crippen LogP contribution in [0.25, 0.3) is 11.0 Å². The van der Waals surface area contributed by atoms with Crippen molar-refractivity contribution in [3.8, 4) is 6.07 Å². The molecule has 2 rings (SSSR count). The van der Waals surface area contributed by atoms with Crippen molar-refractivity contribution in [1.29, 1.82) is 5.26 Å². The highest BCUT2D eigenvalue weighted by atomic mass is 16.6. The predicted molar refractivity (Wildman–Crippen MR) is 47.5 cm³/mol. The van der Waals surface area contributed by atoms with E-state index in [0.29, 0.717) is 16.6 Å². The number of nitrogens with one attached hydrogen (secondary N) is 1. The van der Waals surface area contributed by atoms with Crippen LogP contribution in [0.1, 0.15) is 5.56 Å². The van der Waals surface area contributed by atoms with Crippen LogP contribution >= 0.6 is 0 Å². The Morgan fingerprint density at radius 2 is 2.43 bits per heavy atom. The van der Waals surface area contributed by atoms with Crippen LogP contribution in [0.4, 0.5) is 5.69 Å². The molecular formula is C8H4N4O2. The van der Waals surface area contributed by atoms with Crippen molar-refractivity contribution in [2.45, 2.75) is 0 Å². The second kappa shape index (κ2) is 2.81. The monoisotopic (exact) mass is 188 g/mol. The number of nitro groups is 1. The smallest absolute Gasteiger partial charge is 0.288 e. The lowest BCUT2D eigenvalue weighted by Crippen LogP contribution is -1.88. The third kappa shape index (κ3) is 1.08. The Kier molecular flexibility index (Phi) is 1.65. The zero-order valence-corrected chi connectivity index (χ0v) is 6.89. The Bertz CT molecular complexity index is 552. The number of aromatic amines is 1. The minimum Gasteiger partial charge on any atom is -0.345 e. The molecule has 0 aliphatic carbocycles. The van der Waals surface area contributed by atoms with Gasteiger partial charge in [0.05, 0.1) is 10.5 Å². The lowest BCUT2D eigenvalue weighted by molar-refractivity contribution is -0.385. The molecule has 0 saturated carbocycles. The van der Waals surface area contributed by atoms with Gasteiger partial charge in [-0.2, -0.15) is 5.26 Å². The molecule has 0 radical (unpaired) electrons. The van der Waals surface area contributed by atoms with Gasteiger partial charge in [0.15, 0.2) is 0 Å². The summed E-state index contributed by atoms with van der Waals surface area (Å²) in [7, 11) is 0. The molecule has 68 valence electrons. The van der Waals surface area contributed by atoms with E-state index in [2.05, 4.69) is 9.97 Å². The van der Waals surface area contributed by atoms with Gasteiger partial charge < -0.3 is 4.98 Å². The highest BCUT2D eigenvalue weighted by Gasteiger charge is 2.10. The van der Waals surface area contributed by atoms with E-state index in [0.717, 1.165) is 6.20 Å². The Hall–Kier alpha value is -2.42. The normalized spacial score (nSPS) is 9.93. The van der Waals surface area contributed by atoms with Crippen LogP contribution < -0.4 is 0 Å². The van der Waals surface area contributed by atoms with Gasteiger partial charge in [0.25, 0.3) is 5.69 Å². The fraction of sp³-hybridized carbons (Fsp3) is 0. The largest absolute Gasteiger partial charge is 0.345 e. The van der Waals surface area contributed by atoms with Crippen molar-refractivity contribution in [2.75, 3.05) is 0 Å². The second-order valence-corrected chi connectivity index (χ2v) is 2.66. The minimum atomic E-state index is -0.541. The number of H-pyrrole nitrogens is 1. The molecule has 0 amide bonds. The van der Waals surface area contributed by atoms with Gasteiger partial charge in [-0.25, -0.2) is 4.98 Å². The molecule has 6 nitrogen and oxygen atoms in total. The van der Waals surface area contributed by atoms with E-state index in [1.807, 2.05) is 6.07 Å². The van der Waals surface area contributed by atoms with E-state index < -0.39 is 4.92 Å². The Morgan fingerprint density at radius 3 is 3.07 bits per heavy atom. The van der Waals surface area contributed by atoms with Crippen LogP contribution in [0.5, 0.6) is 0 Å². The molecule has 0 unspecified atom stereocenters. The van der Waals surface area contributed by atoms with Gasteiger partial charge in [-0.3, -0.25) is 10.1 Å². The lowest BCUT2D eigenvalue weighted by Gasteiger charge is -1.90. The molecule has 2 aromatic rings. The average molecular weight is 188 g/mol. The van der Waals surface area contributed by atoms with Crippen LogP contribution in [0.3, 0.4) is 0 Å². The molecular weight excluding hydrogens is 184 g/mol. The predicted octanol–water partition coefficient (Wildman–Crippen LogP) is 1.34. The van der Waals surface area contributed by atoms with E-state index in [1.54, 1.807) is 0 Å². The number of nitriles is 1. The summed E-state index contributed by atoms with van der Waals surface area (Å²) in [4.78, 5) is 16.5. The summed E-state index contributed by atoms with van der Waals surface area (Å²) >= 11 is 0. The van der Waals surface area contributed by atoms with Crippen LogP contribution in [0, 0.1) is 21.4 Å². The van der Waals surface area contributed by atoms with Crippen molar-refractivity contribution < 1.29 is 4.92 Å². The SMILES string of the molecule is N#Cc1c[nH]c2ncc([N+](=O)[O-])cc12. The van der Waals surface area contributed by atoms with Gasteiger partial charge in [0.2, 0.25) is 0 Å². The fourth-order valence-corrected chi connectivity index (χ4v) is 1.18. The number of aromatic nitrogens is 2. The molecule has 0 aromatic carbocycles. The first-order valence-corrected chi connectivity index (χ1v) is 3.74. The minimum absolute atomic E-state index is 0.117. The summed E-state index contributed by atoms with van der Waals surface area (Å²) in [5.41, 5.74) is 0.719. The standard InChI is InChI=1S/C8H4N4O2/c9-2-5-3-10-8-7(5)1-6(4-11-8)12(13)14/h1,3-4H,(H,10,11). The summed E-state index contributed by atoms with van der Waals surface area (Å²) in [5.74, 6) is 0. The zero-order valence-electron chi connectivity index (χ0n) is 6.89. The number of pyridine rings is 1. The number of fused-ring (bicyclic) bond motifs is 1. The molecule has 0 atom stereocenters. The third-order valence-electron chi connectivity index (χ3n) is 1.85. The van der Waals surface area contributed by atoms with E-state index in [4.69, 9.17) is 5.26 Å². The molecule has 14 heavy (non-hydrogen) atoms. The molecule has 0 saturated heterocycles. The molecule has 2 aromatic heterocycles. The van der Waals surface area contributed by atoms with Gasteiger partial charge in [0.1, 0.15) is 17.9 Å². The van der Waals surface area contributed by atoms with E-state index in [9.17, 15) is 10.1 Å². The number of hydrogen-bond acceptors (Lipinski definition) is 4. The maximum absolute atomic E-state index is 10.4. The highest BCUT2D eigenvalue weighted by Crippen LogP contribution is 2.20. The summed E-state index contributed by atoms with van der Waals surface area (Å²) in [6.07, 6.45) is 2.63. The number of rotatable bonds is 1. The molecule has 0 aliphatic heterocycles. The number of nitrogens with zero attached hydrogens (tertiary/aromatic N) is 3. The molecule has 6 heteroatoms. The van der Waals surface area contributed by atoms with E-state index in [1.165, 1.54) is 12.3 Å². The number of hydrogen-bond donors (Lipinski definition) is 1. The molecule has 0 aliphatic rings. The lowest BCUT2D eigenvalue weighted by atomic mass is 10.2. The van der Waals surface area contributed by atoms with Gasteiger partial charge >= 0.3 is 0 Å². The first-order chi connectivity index (χ1) is 6.72. The summed E-state index contributed by atoms with van der Waals surface area (Å²) in [6, 6.07) is 3.25. The second-order valence-electron chi connectivity index (χ2n) is 2.66. The fourth-order valence-electron chi connectivity index (χ4n) is 1.18. The Morgan fingerprint density at radius 1 is 1.64 bits per heavy atom. The van der Waals surface area contributed by atoms with E-state index >= 15 is 0 Å². The molecule has 0 bridgehead atoms. The molecule has 1 N–H and O–H groups in total. The molecule has 0 fully saturated rings. The summed E-state index contributed by atoms with van der Waals surface area (Å²) in [5, 5.41) is 19.6. The summed E-state index contributed by atoms with van der Waals surface area (Å²) < 4.78 is 0. The molecule has 0 spiro atoms. The van der Waals surface area contributed by atoms with Crippen molar-refractivity contribution in [1.82, 2.24) is 9.97 Å². The van der Waals surface area contributed by atoms with Crippen LogP contribution in [-0.4, -0.2) is 14.9 Å². The first kappa shape index (κ1) is 8.19. The molecule has 2 heterocycles. The third-order valence-corrected chi connectivity index (χ3v) is 1.85. The topological polar surface area (TPSA) is 95.6 Å². The van der Waals surface area contributed by atoms with Crippen molar-refractivity contribution >= 4 is 16.7 Å². The van der Waals surface area contributed by atoms with Gasteiger partial charge in [-0.1, -0.05) is 0 Å². The highest BCUT2D eigenvalue weighted by molar-refractivity contribution is 5.84. The van der Waals surface area contributed by atoms with Crippen molar-refractivity contribution in [3.05, 3.63) is 34.1 Å². The summed E-state index contributed by atoms with van der Waals surface area (Å²) in [6.45, 7) is 0. The van der Waals surface area contributed by atoms with Gasteiger partial charge in [-0.05, 0) is 0 Å². The van der Waals surface area contributed by atoms with E-state index in [-0.39, 0.29) is 5.69 Å². The maximum Gasteiger partial charge on any atom is 0.288 e. The first-order valence-electron chi connectivity index (χ1n) is 3.74. The average Bonchev–Trinajstić information content (AvgIpc) is 2.59. The Balaban J connectivity index is 2.75. The van der Waals surface area contributed by atoms with Crippen LogP contribution in [-0.2, 0) is 0 Å².